The molecule has 1 aromatic rings. The van der Waals surface area contributed by atoms with Crippen molar-refractivity contribution in [2.45, 2.75) is 38.3 Å². The molecule has 5 atom stereocenters. The Labute approximate surface area is 143 Å². The lowest BCUT2D eigenvalue weighted by molar-refractivity contribution is -0.918. The summed E-state index contributed by atoms with van der Waals surface area (Å²) < 4.78 is 22.9. The van der Waals surface area contributed by atoms with Crippen LogP contribution in [0.3, 0.4) is 0 Å². The summed E-state index contributed by atoms with van der Waals surface area (Å²) in [6.45, 7) is 7.90. The first-order valence-corrected chi connectivity index (χ1v) is 8.73. The number of quaternary nitrogens is 1. The monoisotopic (exact) mass is 338 g/mol. The lowest BCUT2D eigenvalue weighted by atomic mass is 10.2. The SMILES string of the molecule is C[C@@H]1C[NH+](C[C@H](O)COC[C@@H]2COc3ccccc3O2)C[C@H](C)O1. The van der Waals surface area contributed by atoms with Gasteiger partial charge in [-0.15, -0.1) is 0 Å². The number of hydrogen-bond donors (Lipinski definition) is 2. The first-order valence-electron chi connectivity index (χ1n) is 8.73. The Morgan fingerprint density at radius 2 is 1.92 bits per heavy atom. The summed E-state index contributed by atoms with van der Waals surface area (Å²) in [5, 5.41) is 10.2. The normalized spacial score (nSPS) is 30.8. The fourth-order valence-electron chi connectivity index (χ4n) is 3.43. The van der Waals surface area contributed by atoms with Crippen LogP contribution in [0.25, 0.3) is 0 Å². The Hall–Kier alpha value is -1.34. The Morgan fingerprint density at radius 1 is 1.21 bits per heavy atom. The number of para-hydroxylation sites is 2. The molecule has 6 nitrogen and oxygen atoms in total. The van der Waals surface area contributed by atoms with E-state index in [9.17, 15) is 5.11 Å². The average Bonchev–Trinajstić information content (AvgIpc) is 2.53. The predicted octanol–water partition coefficient (Wildman–Crippen LogP) is -0.104. The number of nitrogens with one attached hydrogen (secondary N) is 1. The molecule has 2 N–H and O–H groups in total. The zero-order chi connectivity index (χ0) is 16.9. The minimum atomic E-state index is -0.478. The predicted molar refractivity (Wildman–Crippen MR) is 88.8 cm³/mol. The Bertz CT molecular complexity index is 516. The van der Waals surface area contributed by atoms with Gasteiger partial charge in [-0.05, 0) is 26.0 Å². The van der Waals surface area contributed by atoms with Crippen LogP contribution in [-0.4, -0.2) is 69.0 Å². The van der Waals surface area contributed by atoms with Gasteiger partial charge in [0.2, 0.25) is 0 Å². The summed E-state index contributed by atoms with van der Waals surface area (Å²) in [5.74, 6) is 1.52. The van der Waals surface area contributed by atoms with E-state index < -0.39 is 6.10 Å². The Balaban J connectivity index is 1.36. The average molecular weight is 338 g/mol. The van der Waals surface area contributed by atoms with Crippen LogP contribution in [-0.2, 0) is 9.47 Å². The summed E-state index contributed by atoms with van der Waals surface area (Å²) in [6, 6.07) is 7.62. The van der Waals surface area contributed by atoms with E-state index in [4.69, 9.17) is 18.9 Å². The fourth-order valence-corrected chi connectivity index (χ4v) is 3.43. The number of rotatable bonds is 6. The van der Waals surface area contributed by atoms with Crippen molar-refractivity contribution in [3.63, 3.8) is 0 Å². The van der Waals surface area contributed by atoms with Crippen molar-refractivity contribution in [1.82, 2.24) is 0 Å². The molecule has 0 aromatic heterocycles. The molecule has 2 heterocycles. The highest BCUT2D eigenvalue weighted by Gasteiger charge is 2.27. The standard InChI is InChI=1S/C18H27NO5/c1-13-7-19(8-14(2)23-13)9-15(20)10-21-11-16-12-22-17-5-3-4-6-18(17)24-16/h3-6,13-16,20H,7-12H2,1-2H3/p+1/t13-,14+,15-,16+/m0/s1. The smallest absolute Gasteiger partial charge is 0.161 e. The molecule has 3 rings (SSSR count). The molecule has 2 aliphatic heterocycles. The molecule has 0 spiro atoms. The van der Waals surface area contributed by atoms with Crippen LogP contribution >= 0.6 is 0 Å². The Morgan fingerprint density at radius 3 is 2.67 bits per heavy atom. The van der Waals surface area contributed by atoms with Gasteiger partial charge in [0.05, 0.1) is 13.2 Å². The van der Waals surface area contributed by atoms with Gasteiger partial charge in [-0.2, -0.15) is 0 Å². The Kier molecular flexibility index (Phi) is 5.94. The first-order chi connectivity index (χ1) is 11.6. The second-order valence-corrected chi connectivity index (χ2v) is 6.81. The molecule has 1 fully saturated rings. The second-order valence-electron chi connectivity index (χ2n) is 6.81. The van der Waals surface area contributed by atoms with Gasteiger partial charge in [0.25, 0.3) is 0 Å². The summed E-state index contributed by atoms with van der Waals surface area (Å²) >= 11 is 0. The fraction of sp³-hybridized carbons (Fsp3) is 0.667. The van der Waals surface area contributed by atoms with Crippen molar-refractivity contribution in [1.29, 1.82) is 0 Å². The number of benzene rings is 1. The molecule has 1 saturated heterocycles. The van der Waals surface area contributed by atoms with Crippen molar-refractivity contribution in [2.75, 3.05) is 39.5 Å². The molecule has 0 radical (unpaired) electrons. The maximum Gasteiger partial charge on any atom is 0.161 e. The van der Waals surface area contributed by atoms with Gasteiger partial charge in [-0.1, -0.05) is 12.1 Å². The van der Waals surface area contributed by atoms with E-state index in [1.807, 2.05) is 24.3 Å². The molecule has 2 aliphatic rings. The molecule has 6 heteroatoms. The maximum absolute atomic E-state index is 10.2. The van der Waals surface area contributed by atoms with Gasteiger partial charge in [-0.25, -0.2) is 0 Å². The quantitative estimate of drug-likeness (QED) is 0.758. The number of morpholine rings is 1. The van der Waals surface area contributed by atoms with Gasteiger partial charge >= 0.3 is 0 Å². The van der Waals surface area contributed by atoms with Crippen LogP contribution in [0.5, 0.6) is 11.5 Å². The summed E-state index contributed by atoms with van der Waals surface area (Å²) in [6.07, 6.45) is -0.133. The van der Waals surface area contributed by atoms with Crippen molar-refractivity contribution < 1.29 is 29.0 Å². The van der Waals surface area contributed by atoms with Gasteiger partial charge in [0.15, 0.2) is 17.6 Å². The summed E-state index contributed by atoms with van der Waals surface area (Å²) in [7, 11) is 0. The van der Waals surface area contributed by atoms with Crippen LogP contribution in [0, 0.1) is 0 Å². The van der Waals surface area contributed by atoms with Gasteiger partial charge in [0.1, 0.15) is 44.6 Å². The van der Waals surface area contributed by atoms with Crippen LogP contribution in [0.1, 0.15) is 13.8 Å². The van der Waals surface area contributed by atoms with E-state index in [0.717, 1.165) is 24.6 Å². The highest BCUT2D eigenvalue weighted by atomic mass is 16.6. The van der Waals surface area contributed by atoms with E-state index in [1.54, 1.807) is 0 Å². The number of fused-ring (bicyclic) bond motifs is 1. The van der Waals surface area contributed by atoms with E-state index >= 15 is 0 Å². The van der Waals surface area contributed by atoms with E-state index in [-0.39, 0.29) is 18.3 Å². The third kappa shape index (κ3) is 4.83. The van der Waals surface area contributed by atoms with Crippen molar-refractivity contribution in [2.24, 2.45) is 0 Å². The minimum absolute atomic E-state index is 0.136. The molecular formula is C18H28NO5+. The largest absolute Gasteiger partial charge is 0.486 e. The van der Waals surface area contributed by atoms with E-state index in [1.165, 1.54) is 4.90 Å². The molecule has 0 saturated carbocycles. The molecule has 1 aromatic carbocycles. The second kappa shape index (κ2) is 8.16. The molecule has 24 heavy (non-hydrogen) atoms. The topological polar surface area (TPSA) is 61.6 Å². The summed E-state index contributed by atoms with van der Waals surface area (Å²) in [4.78, 5) is 1.36. The van der Waals surface area contributed by atoms with E-state index in [2.05, 4.69) is 13.8 Å². The summed E-state index contributed by atoms with van der Waals surface area (Å²) in [5.41, 5.74) is 0. The molecular weight excluding hydrogens is 310 g/mol. The lowest BCUT2D eigenvalue weighted by Gasteiger charge is -2.33. The number of ether oxygens (including phenoxy) is 4. The van der Waals surface area contributed by atoms with Gasteiger partial charge < -0.3 is 29.0 Å². The lowest BCUT2D eigenvalue weighted by Crippen LogP contribution is -3.16. The van der Waals surface area contributed by atoms with Crippen molar-refractivity contribution in [3.05, 3.63) is 24.3 Å². The van der Waals surface area contributed by atoms with Crippen molar-refractivity contribution in [3.8, 4) is 11.5 Å². The molecule has 0 aliphatic carbocycles. The van der Waals surface area contributed by atoms with Crippen LogP contribution in [0.2, 0.25) is 0 Å². The van der Waals surface area contributed by atoms with Crippen LogP contribution in [0.15, 0.2) is 24.3 Å². The third-order valence-corrected chi connectivity index (χ3v) is 4.32. The van der Waals surface area contributed by atoms with Crippen LogP contribution < -0.4 is 14.4 Å². The highest BCUT2D eigenvalue weighted by molar-refractivity contribution is 5.40. The van der Waals surface area contributed by atoms with E-state index in [0.29, 0.717) is 26.4 Å². The van der Waals surface area contributed by atoms with Gasteiger partial charge in [-0.3, -0.25) is 0 Å². The van der Waals surface area contributed by atoms with Gasteiger partial charge in [0, 0.05) is 0 Å². The van der Waals surface area contributed by atoms with Crippen LogP contribution in [0.4, 0.5) is 0 Å². The highest BCUT2D eigenvalue weighted by Crippen LogP contribution is 2.30. The molecule has 0 amide bonds. The van der Waals surface area contributed by atoms with Crippen molar-refractivity contribution >= 4 is 0 Å². The number of aliphatic hydroxyl groups is 1. The zero-order valence-electron chi connectivity index (χ0n) is 14.4. The minimum Gasteiger partial charge on any atom is -0.486 e. The first kappa shape index (κ1) is 17.5. The third-order valence-electron chi connectivity index (χ3n) is 4.32. The number of hydrogen-bond acceptors (Lipinski definition) is 5. The zero-order valence-corrected chi connectivity index (χ0v) is 14.4. The maximum atomic E-state index is 10.2. The molecule has 134 valence electrons. The number of aliphatic hydroxyl groups excluding tert-OH is 1. The molecule has 1 unspecified atom stereocenters. The molecule has 0 bridgehead atoms.